The van der Waals surface area contributed by atoms with Crippen molar-refractivity contribution in [1.82, 2.24) is 0 Å². The summed E-state index contributed by atoms with van der Waals surface area (Å²) in [6.07, 6.45) is 1.58. The Morgan fingerprint density at radius 2 is 2.25 bits per heavy atom. The summed E-state index contributed by atoms with van der Waals surface area (Å²) >= 11 is 11.2. The maximum Gasteiger partial charge on any atom is 0.237 e. The summed E-state index contributed by atoms with van der Waals surface area (Å²) in [6, 6.07) is 0.994. The van der Waals surface area contributed by atoms with E-state index in [2.05, 4.69) is 0 Å². The number of rotatable bonds is 3. The Labute approximate surface area is 59.9 Å². The Balaban J connectivity index is 1.87. The third kappa shape index (κ3) is 2.92. The largest absolute Gasteiger partial charge is 0.373 e. The molecule has 0 aromatic heterocycles. The van der Waals surface area contributed by atoms with Crippen molar-refractivity contribution in [2.45, 2.75) is 18.6 Å². The van der Waals surface area contributed by atoms with Gasteiger partial charge >= 0.3 is 0 Å². The molecule has 1 heterocycles. The molecule has 1 nitrogen and oxygen atoms in total. The standard InChI is InChI=1S/C4H8Cl2OSi/c5-8(6)2-1-4-3-7-4/h4,8H,1-3H2. The van der Waals surface area contributed by atoms with Crippen molar-refractivity contribution in [2.75, 3.05) is 6.61 Å². The Bertz CT molecular complexity index is 72.4. The highest BCUT2D eigenvalue weighted by Crippen LogP contribution is 2.18. The molecule has 0 N–H and O–H groups in total. The molecule has 0 aromatic rings. The van der Waals surface area contributed by atoms with E-state index in [-0.39, 0.29) is 0 Å². The second-order valence-corrected chi connectivity index (χ2v) is 7.11. The van der Waals surface area contributed by atoms with Crippen LogP contribution in [-0.2, 0) is 4.74 Å². The van der Waals surface area contributed by atoms with E-state index in [0.717, 1.165) is 19.1 Å². The van der Waals surface area contributed by atoms with Gasteiger partial charge in [-0.05, 0) is 12.5 Å². The second-order valence-electron chi connectivity index (χ2n) is 1.92. The molecule has 1 aliphatic heterocycles. The first-order valence-corrected chi connectivity index (χ1v) is 6.99. The van der Waals surface area contributed by atoms with E-state index in [1.165, 1.54) is 0 Å². The van der Waals surface area contributed by atoms with Crippen LogP contribution in [0.15, 0.2) is 0 Å². The van der Waals surface area contributed by atoms with Crippen molar-refractivity contribution in [3.8, 4) is 0 Å². The molecule has 0 aliphatic carbocycles. The summed E-state index contributed by atoms with van der Waals surface area (Å²) in [5.74, 6) is 0. The third-order valence-electron chi connectivity index (χ3n) is 1.11. The molecular weight excluding hydrogens is 163 g/mol. The second kappa shape index (κ2) is 3.06. The van der Waals surface area contributed by atoms with Gasteiger partial charge in [-0.3, -0.25) is 0 Å². The van der Waals surface area contributed by atoms with E-state index in [1.807, 2.05) is 0 Å². The zero-order chi connectivity index (χ0) is 5.98. The summed E-state index contributed by atoms with van der Waals surface area (Å²) in [5, 5.41) is 0. The summed E-state index contributed by atoms with van der Waals surface area (Å²) in [6.45, 7) is 0.925. The van der Waals surface area contributed by atoms with Crippen LogP contribution in [0.3, 0.4) is 0 Å². The number of ether oxygens (including phenoxy) is 1. The van der Waals surface area contributed by atoms with Gasteiger partial charge in [0.2, 0.25) is 7.42 Å². The lowest BCUT2D eigenvalue weighted by Gasteiger charge is -1.92. The lowest BCUT2D eigenvalue weighted by molar-refractivity contribution is 0.403. The van der Waals surface area contributed by atoms with E-state index >= 15 is 0 Å². The van der Waals surface area contributed by atoms with Gasteiger partial charge in [0, 0.05) is 0 Å². The molecule has 0 spiro atoms. The first-order chi connectivity index (χ1) is 3.79. The lowest BCUT2D eigenvalue weighted by Crippen LogP contribution is -1.94. The van der Waals surface area contributed by atoms with Crippen LogP contribution in [0, 0.1) is 0 Å². The fraction of sp³-hybridized carbons (Fsp3) is 1.00. The Morgan fingerprint density at radius 1 is 1.62 bits per heavy atom. The first kappa shape index (κ1) is 6.87. The van der Waals surface area contributed by atoms with Crippen LogP contribution in [0.5, 0.6) is 0 Å². The van der Waals surface area contributed by atoms with Gasteiger partial charge in [0.05, 0.1) is 12.7 Å². The molecule has 8 heavy (non-hydrogen) atoms. The molecule has 4 heteroatoms. The van der Waals surface area contributed by atoms with Crippen LogP contribution in [0.1, 0.15) is 6.42 Å². The van der Waals surface area contributed by atoms with Crippen molar-refractivity contribution in [3.63, 3.8) is 0 Å². The maximum atomic E-state index is 5.60. The van der Waals surface area contributed by atoms with E-state index in [4.69, 9.17) is 26.9 Å². The van der Waals surface area contributed by atoms with E-state index in [0.29, 0.717) is 6.10 Å². The minimum atomic E-state index is -1.32. The Hall–Kier alpha value is 0.757. The molecule has 1 aliphatic rings. The number of hydrogen-bond donors (Lipinski definition) is 0. The van der Waals surface area contributed by atoms with Gasteiger partial charge in [-0.2, -0.15) is 22.2 Å². The average Bonchev–Trinajstić information content (AvgIpc) is 2.41. The normalized spacial score (nSPS) is 26.6. The Morgan fingerprint density at radius 3 is 2.62 bits per heavy atom. The van der Waals surface area contributed by atoms with Gasteiger partial charge in [-0.15, -0.1) is 0 Å². The van der Waals surface area contributed by atoms with E-state index in [1.54, 1.807) is 0 Å². The van der Waals surface area contributed by atoms with Crippen molar-refractivity contribution >= 4 is 29.6 Å². The summed E-state index contributed by atoms with van der Waals surface area (Å²) in [7, 11) is -1.32. The molecule has 1 rings (SSSR count). The van der Waals surface area contributed by atoms with Crippen LogP contribution in [0.25, 0.3) is 0 Å². The molecule has 0 bridgehead atoms. The predicted molar refractivity (Wildman–Crippen MR) is 38.0 cm³/mol. The SMILES string of the molecule is Cl[SiH](Cl)CCC1CO1. The van der Waals surface area contributed by atoms with Crippen molar-refractivity contribution < 1.29 is 4.74 Å². The topological polar surface area (TPSA) is 12.5 Å². The molecule has 1 atom stereocenters. The minimum Gasteiger partial charge on any atom is -0.373 e. The molecule has 0 amide bonds. The number of halogens is 2. The monoisotopic (exact) mass is 170 g/mol. The fourth-order valence-electron chi connectivity index (χ4n) is 0.547. The molecule has 0 aromatic carbocycles. The molecule has 1 fully saturated rings. The predicted octanol–water partition coefficient (Wildman–Crippen LogP) is 1.47. The van der Waals surface area contributed by atoms with Crippen LogP contribution in [0.4, 0.5) is 0 Å². The van der Waals surface area contributed by atoms with Gasteiger partial charge in [0.25, 0.3) is 0 Å². The van der Waals surface area contributed by atoms with E-state index < -0.39 is 7.42 Å². The Kier molecular flexibility index (Phi) is 2.63. The molecular formula is C4H8Cl2OSi. The molecule has 1 unspecified atom stereocenters. The molecule has 0 saturated carbocycles. The molecule has 1 saturated heterocycles. The average molecular weight is 171 g/mol. The van der Waals surface area contributed by atoms with Gasteiger partial charge in [-0.25, -0.2) is 0 Å². The summed E-state index contributed by atoms with van der Waals surface area (Å²) < 4.78 is 4.96. The van der Waals surface area contributed by atoms with Crippen LogP contribution < -0.4 is 0 Å². The highest BCUT2D eigenvalue weighted by molar-refractivity contribution is 7.33. The number of hydrogen-bond acceptors (Lipinski definition) is 1. The first-order valence-electron chi connectivity index (χ1n) is 2.69. The molecule has 48 valence electrons. The summed E-state index contributed by atoms with van der Waals surface area (Å²) in [4.78, 5) is 0. The minimum absolute atomic E-state index is 0.502. The maximum absolute atomic E-state index is 5.60. The van der Waals surface area contributed by atoms with Gasteiger partial charge in [0.15, 0.2) is 0 Å². The van der Waals surface area contributed by atoms with Crippen molar-refractivity contribution in [1.29, 1.82) is 0 Å². The van der Waals surface area contributed by atoms with Gasteiger partial charge in [-0.1, -0.05) is 0 Å². The van der Waals surface area contributed by atoms with E-state index in [9.17, 15) is 0 Å². The van der Waals surface area contributed by atoms with Crippen molar-refractivity contribution in [2.24, 2.45) is 0 Å². The van der Waals surface area contributed by atoms with Crippen molar-refractivity contribution in [3.05, 3.63) is 0 Å². The quantitative estimate of drug-likeness (QED) is 0.356. The van der Waals surface area contributed by atoms with Crippen LogP contribution in [-0.4, -0.2) is 20.1 Å². The smallest absolute Gasteiger partial charge is 0.237 e. The zero-order valence-electron chi connectivity index (χ0n) is 4.44. The number of epoxide rings is 1. The van der Waals surface area contributed by atoms with Crippen LogP contribution >= 0.6 is 22.2 Å². The van der Waals surface area contributed by atoms with Gasteiger partial charge < -0.3 is 4.74 Å². The lowest BCUT2D eigenvalue weighted by atomic mass is 10.4. The highest BCUT2D eigenvalue weighted by Gasteiger charge is 2.22. The third-order valence-corrected chi connectivity index (χ3v) is 3.19. The van der Waals surface area contributed by atoms with Gasteiger partial charge in [0.1, 0.15) is 0 Å². The zero-order valence-corrected chi connectivity index (χ0v) is 7.11. The fourth-order valence-corrected chi connectivity index (χ4v) is 1.93. The van der Waals surface area contributed by atoms with Crippen LogP contribution in [0.2, 0.25) is 6.04 Å². The molecule has 0 radical (unpaired) electrons. The highest BCUT2D eigenvalue weighted by atomic mass is 35.7. The summed E-state index contributed by atoms with van der Waals surface area (Å²) in [5.41, 5.74) is 0.